The molecule has 0 atom stereocenters. The number of hydrogen-bond acceptors (Lipinski definition) is 7. The lowest BCUT2D eigenvalue weighted by atomic mass is 10.1. The number of rotatable bonds is 7. The number of aryl methyl sites for hydroxylation is 1. The van der Waals surface area contributed by atoms with Crippen molar-refractivity contribution >= 4 is 22.7 Å². The Morgan fingerprint density at radius 1 is 0.886 bits per heavy atom. The first-order chi connectivity index (χ1) is 17.1. The number of nitrogens with zero attached hydrogens (tertiary/aromatic N) is 3. The van der Waals surface area contributed by atoms with E-state index in [1.54, 1.807) is 20.3 Å². The molecule has 0 saturated heterocycles. The molecule has 2 heterocycles. The van der Waals surface area contributed by atoms with E-state index in [0.717, 1.165) is 39.3 Å². The molecular weight excluding hydrogens is 462 g/mol. The van der Waals surface area contributed by atoms with Crippen molar-refractivity contribution in [3.8, 4) is 28.6 Å². The van der Waals surface area contributed by atoms with Gasteiger partial charge >= 0.3 is 5.63 Å². The number of benzene rings is 3. The van der Waals surface area contributed by atoms with Gasteiger partial charge in [-0.3, -0.25) is 4.57 Å². The first-order valence-corrected chi connectivity index (χ1v) is 11.9. The first kappa shape index (κ1) is 22.7. The van der Waals surface area contributed by atoms with Gasteiger partial charge in [-0.1, -0.05) is 23.9 Å². The minimum Gasteiger partial charge on any atom is -0.497 e. The van der Waals surface area contributed by atoms with Crippen LogP contribution < -0.4 is 15.1 Å². The Balaban J connectivity index is 1.55. The summed E-state index contributed by atoms with van der Waals surface area (Å²) in [6.45, 7) is 1.97. The van der Waals surface area contributed by atoms with Gasteiger partial charge in [0.1, 0.15) is 17.1 Å². The van der Waals surface area contributed by atoms with Crippen LogP contribution in [0.3, 0.4) is 0 Å². The third kappa shape index (κ3) is 4.65. The van der Waals surface area contributed by atoms with Crippen LogP contribution in [-0.2, 0) is 5.75 Å². The normalized spacial score (nSPS) is 11.1. The van der Waals surface area contributed by atoms with Crippen LogP contribution >= 0.6 is 11.8 Å². The van der Waals surface area contributed by atoms with Crippen molar-refractivity contribution < 1.29 is 13.9 Å². The predicted octanol–water partition coefficient (Wildman–Crippen LogP) is 5.66. The molecule has 0 aliphatic heterocycles. The fraction of sp³-hybridized carbons (Fsp3) is 0.148. The van der Waals surface area contributed by atoms with Crippen molar-refractivity contribution in [2.75, 3.05) is 14.2 Å². The molecule has 0 bridgehead atoms. The second kappa shape index (κ2) is 9.68. The van der Waals surface area contributed by atoms with E-state index in [1.807, 2.05) is 78.2 Å². The van der Waals surface area contributed by atoms with E-state index in [-0.39, 0.29) is 5.63 Å². The standard InChI is InChI=1S/C27H23N3O4S/c1-17-4-13-23-19(15-25(31)34-24(23)14-17)16-35-27-29-28-26(18-5-9-21(32-2)10-6-18)30(27)20-7-11-22(33-3)12-8-20/h4-15H,16H2,1-3H3. The maximum absolute atomic E-state index is 12.2. The third-order valence-corrected chi connectivity index (χ3v) is 6.63. The minimum absolute atomic E-state index is 0.366. The zero-order valence-electron chi connectivity index (χ0n) is 19.5. The van der Waals surface area contributed by atoms with Crippen molar-refractivity contribution in [2.45, 2.75) is 17.8 Å². The Labute approximate surface area is 206 Å². The van der Waals surface area contributed by atoms with Gasteiger partial charge in [-0.05, 0) is 72.6 Å². The summed E-state index contributed by atoms with van der Waals surface area (Å²) in [6, 6.07) is 22.9. The first-order valence-electron chi connectivity index (χ1n) is 11.0. The molecular formula is C27H23N3O4S. The van der Waals surface area contributed by atoms with E-state index in [1.165, 1.54) is 11.8 Å². The Morgan fingerprint density at radius 3 is 2.26 bits per heavy atom. The molecule has 3 aromatic carbocycles. The molecule has 0 aliphatic rings. The van der Waals surface area contributed by atoms with Crippen molar-refractivity contribution in [3.05, 3.63) is 94.3 Å². The second-order valence-corrected chi connectivity index (χ2v) is 8.89. The van der Waals surface area contributed by atoms with Gasteiger partial charge in [0.25, 0.3) is 0 Å². The minimum atomic E-state index is -0.366. The van der Waals surface area contributed by atoms with Crippen molar-refractivity contribution in [2.24, 2.45) is 0 Å². The Kier molecular flexibility index (Phi) is 6.29. The molecule has 5 rings (SSSR count). The quantitative estimate of drug-likeness (QED) is 0.217. The van der Waals surface area contributed by atoms with E-state index >= 15 is 0 Å². The summed E-state index contributed by atoms with van der Waals surface area (Å²) in [5.74, 6) is 2.76. The van der Waals surface area contributed by atoms with Crippen LogP contribution in [0.4, 0.5) is 0 Å². The molecule has 5 aromatic rings. The molecule has 8 heteroatoms. The molecule has 35 heavy (non-hydrogen) atoms. The van der Waals surface area contributed by atoms with Crippen LogP contribution in [0.5, 0.6) is 11.5 Å². The summed E-state index contributed by atoms with van der Waals surface area (Å²) < 4.78 is 18.0. The summed E-state index contributed by atoms with van der Waals surface area (Å²) in [5.41, 5.74) is 3.95. The highest BCUT2D eigenvalue weighted by Gasteiger charge is 2.17. The lowest BCUT2D eigenvalue weighted by molar-refractivity contribution is 0.414. The van der Waals surface area contributed by atoms with Crippen LogP contribution in [0.1, 0.15) is 11.1 Å². The number of hydrogen-bond donors (Lipinski definition) is 0. The molecule has 176 valence electrons. The van der Waals surface area contributed by atoms with Crippen LogP contribution in [0.25, 0.3) is 28.0 Å². The van der Waals surface area contributed by atoms with Gasteiger partial charge in [0.2, 0.25) is 0 Å². The smallest absolute Gasteiger partial charge is 0.336 e. The molecule has 0 fully saturated rings. The fourth-order valence-corrected chi connectivity index (χ4v) is 4.80. The van der Waals surface area contributed by atoms with Gasteiger partial charge in [0, 0.05) is 28.5 Å². The lowest BCUT2D eigenvalue weighted by Crippen LogP contribution is -2.02. The summed E-state index contributed by atoms with van der Waals surface area (Å²) in [4.78, 5) is 12.2. The zero-order chi connectivity index (χ0) is 24.4. The molecule has 0 unspecified atom stereocenters. The Morgan fingerprint density at radius 2 is 1.57 bits per heavy atom. The second-order valence-electron chi connectivity index (χ2n) is 7.95. The number of aromatic nitrogens is 3. The largest absolute Gasteiger partial charge is 0.497 e. The summed E-state index contributed by atoms with van der Waals surface area (Å²) in [7, 11) is 3.28. The molecule has 0 spiro atoms. The van der Waals surface area contributed by atoms with Gasteiger partial charge in [-0.15, -0.1) is 10.2 Å². The third-order valence-electron chi connectivity index (χ3n) is 5.65. The molecule has 0 aliphatic carbocycles. The molecule has 0 saturated carbocycles. The van der Waals surface area contributed by atoms with Crippen LogP contribution in [0.15, 0.2) is 87.2 Å². The number of fused-ring (bicyclic) bond motifs is 1. The van der Waals surface area contributed by atoms with Crippen LogP contribution in [-0.4, -0.2) is 29.0 Å². The van der Waals surface area contributed by atoms with Gasteiger partial charge in [0.15, 0.2) is 11.0 Å². The fourth-order valence-electron chi connectivity index (χ4n) is 3.85. The SMILES string of the molecule is COc1ccc(-c2nnc(SCc3cc(=O)oc4cc(C)ccc34)n2-c2ccc(OC)cc2)cc1. The van der Waals surface area contributed by atoms with E-state index in [0.29, 0.717) is 22.3 Å². The average Bonchev–Trinajstić information content (AvgIpc) is 3.31. The summed E-state index contributed by atoms with van der Waals surface area (Å²) in [6.07, 6.45) is 0. The molecule has 2 aromatic heterocycles. The topological polar surface area (TPSA) is 79.4 Å². The molecule has 0 N–H and O–H groups in total. The number of methoxy groups -OCH3 is 2. The number of ether oxygens (including phenoxy) is 2. The van der Waals surface area contributed by atoms with Gasteiger partial charge < -0.3 is 13.9 Å². The van der Waals surface area contributed by atoms with Crippen molar-refractivity contribution in [1.82, 2.24) is 14.8 Å². The maximum atomic E-state index is 12.2. The van der Waals surface area contributed by atoms with Crippen LogP contribution in [0.2, 0.25) is 0 Å². The molecule has 0 radical (unpaired) electrons. The van der Waals surface area contributed by atoms with E-state index < -0.39 is 0 Å². The molecule has 0 amide bonds. The van der Waals surface area contributed by atoms with Crippen molar-refractivity contribution in [1.29, 1.82) is 0 Å². The van der Waals surface area contributed by atoms with Gasteiger partial charge in [-0.25, -0.2) is 4.79 Å². The van der Waals surface area contributed by atoms with E-state index in [4.69, 9.17) is 13.9 Å². The monoisotopic (exact) mass is 485 g/mol. The van der Waals surface area contributed by atoms with E-state index in [2.05, 4.69) is 10.2 Å². The van der Waals surface area contributed by atoms with Crippen LogP contribution in [0, 0.1) is 6.92 Å². The summed E-state index contributed by atoms with van der Waals surface area (Å²) >= 11 is 1.51. The highest BCUT2D eigenvalue weighted by Crippen LogP contribution is 2.32. The average molecular weight is 486 g/mol. The van der Waals surface area contributed by atoms with Crippen molar-refractivity contribution in [3.63, 3.8) is 0 Å². The van der Waals surface area contributed by atoms with Gasteiger partial charge in [0.05, 0.1) is 14.2 Å². The Bertz CT molecular complexity index is 1540. The lowest BCUT2D eigenvalue weighted by Gasteiger charge is -2.12. The van der Waals surface area contributed by atoms with E-state index in [9.17, 15) is 4.79 Å². The summed E-state index contributed by atoms with van der Waals surface area (Å²) in [5, 5.41) is 10.6. The van der Waals surface area contributed by atoms with Gasteiger partial charge in [-0.2, -0.15) is 0 Å². The Hall–Kier alpha value is -4.04. The molecule has 7 nitrogen and oxygen atoms in total. The highest BCUT2D eigenvalue weighted by atomic mass is 32.2. The number of thioether (sulfide) groups is 1. The zero-order valence-corrected chi connectivity index (χ0v) is 20.3. The maximum Gasteiger partial charge on any atom is 0.336 e. The highest BCUT2D eigenvalue weighted by molar-refractivity contribution is 7.98. The predicted molar refractivity (Wildman–Crippen MR) is 137 cm³/mol.